The van der Waals surface area contributed by atoms with Gasteiger partial charge >= 0.3 is 6.03 Å². The summed E-state index contributed by atoms with van der Waals surface area (Å²) < 4.78 is 20.0. The standard InChI is InChI=1S/C17H18ClN3O3S/c1-12-4-10-16(11-5-12)25(24,20-17(23)21(3)13(2)22)19-15-8-6-14(18)7-9-15/h4-11H,1-3H3,(H,19,20,23,24). The molecule has 0 saturated carbocycles. The first-order valence-electron chi connectivity index (χ1n) is 7.37. The molecule has 6 nitrogen and oxygen atoms in total. The molecule has 3 amide bonds. The summed E-state index contributed by atoms with van der Waals surface area (Å²) in [6.07, 6.45) is 0. The number of nitrogens with one attached hydrogen (secondary N) is 1. The van der Waals surface area contributed by atoms with Crippen LogP contribution >= 0.6 is 11.6 Å². The number of carbonyl (C=O) groups is 2. The number of urea groups is 1. The van der Waals surface area contributed by atoms with E-state index in [-0.39, 0.29) is 0 Å². The van der Waals surface area contributed by atoms with E-state index in [4.69, 9.17) is 11.6 Å². The molecule has 2 aromatic rings. The first-order valence-corrected chi connectivity index (χ1v) is 9.26. The summed E-state index contributed by atoms with van der Waals surface area (Å²) in [4.78, 5) is 24.7. The first kappa shape index (κ1) is 19.0. The van der Waals surface area contributed by atoms with Crippen LogP contribution in [-0.2, 0) is 14.7 Å². The fraction of sp³-hybridized carbons (Fsp3) is 0.176. The number of imide groups is 1. The number of halogens is 1. The largest absolute Gasteiger partial charge is 0.359 e. The maximum absolute atomic E-state index is 13.4. The highest BCUT2D eigenvalue weighted by atomic mass is 35.5. The highest BCUT2D eigenvalue weighted by molar-refractivity contribution is 7.95. The Morgan fingerprint density at radius 3 is 2.16 bits per heavy atom. The lowest BCUT2D eigenvalue weighted by molar-refractivity contribution is -0.124. The van der Waals surface area contributed by atoms with Crippen LogP contribution in [0, 0.1) is 6.92 Å². The Hall–Kier alpha value is -2.38. The summed E-state index contributed by atoms with van der Waals surface area (Å²) in [5.74, 6) is -0.495. The van der Waals surface area contributed by atoms with E-state index >= 15 is 0 Å². The predicted molar refractivity (Wildman–Crippen MR) is 98.9 cm³/mol. The molecule has 1 atom stereocenters. The maximum Gasteiger partial charge on any atom is 0.359 e. The summed E-state index contributed by atoms with van der Waals surface area (Å²) in [6, 6.07) is 12.4. The van der Waals surface area contributed by atoms with E-state index in [0.717, 1.165) is 10.5 Å². The number of hydrogen-bond acceptors (Lipinski definition) is 3. The topological polar surface area (TPSA) is 78.8 Å². The van der Waals surface area contributed by atoms with E-state index in [1.807, 2.05) is 6.92 Å². The summed E-state index contributed by atoms with van der Waals surface area (Å²) in [6.45, 7) is 3.12. The van der Waals surface area contributed by atoms with Crippen molar-refractivity contribution in [3.8, 4) is 0 Å². The Balaban J connectivity index is 2.52. The van der Waals surface area contributed by atoms with Gasteiger partial charge in [-0.25, -0.2) is 9.00 Å². The Morgan fingerprint density at radius 1 is 1.08 bits per heavy atom. The third-order valence-electron chi connectivity index (χ3n) is 3.41. The number of rotatable bonds is 3. The van der Waals surface area contributed by atoms with E-state index in [2.05, 4.69) is 9.08 Å². The molecule has 1 unspecified atom stereocenters. The van der Waals surface area contributed by atoms with Crippen molar-refractivity contribution in [2.75, 3.05) is 11.8 Å². The zero-order chi connectivity index (χ0) is 18.6. The van der Waals surface area contributed by atoms with Gasteiger partial charge in [-0.15, -0.1) is 4.36 Å². The molecule has 0 aliphatic heterocycles. The van der Waals surface area contributed by atoms with Crippen LogP contribution in [0.15, 0.2) is 57.8 Å². The second-order valence-electron chi connectivity index (χ2n) is 5.40. The van der Waals surface area contributed by atoms with Crippen LogP contribution in [0.4, 0.5) is 10.5 Å². The van der Waals surface area contributed by atoms with Crippen LogP contribution < -0.4 is 4.72 Å². The van der Waals surface area contributed by atoms with Gasteiger partial charge in [-0.3, -0.25) is 14.4 Å². The number of hydrogen-bond donors (Lipinski definition) is 1. The van der Waals surface area contributed by atoms with Crippen molar-refractivity contribution in [2.24, 2.45) is 4.36 Å². The summed E-state index contributed by atoms with van der Waals surface area (Å²) >= 11 is 5.86. The van der Waals surface area contributed by atoms with E-state index in [1.165, 1.54) is 14.0 Å². The van der Waals surface area contributed by atoms with Gasteiger partial charge in [0.2, 0.25) is 5.91 Å². The lowest BCUT2D eigenvalue weighted by Crippen LogP contribution is -2.30. The van der Waals surface area contributed by atoms with Gasteiger partial charge in [0.05, 0.1) is 4.90 Å². The summed E-state index contributed by atoms with van der Waals surface area (Å²) in [7, 11) is -2.06. The molecule has 0 heterocycles. The molecule has 0 aliphatic rings. The van der Waals surface area contributed by atoms with Crippen molar-refractivity contribution in [3.63, 3.8) is 0 Å². The van der Waals surface area contributed by atoms with Crippen LogP contribution in [0.2, 0.25) is 5.02 Å². The average molecular weight is 380 g/mol. The van der Waals surface area contributed by atoms with Crippen molar-refractivity contribution in [2.45, 2.75) is 18.7 Å². The number of amides is 3. The molecule has 25 heavy (non-hydrogen) atoms. The van der Waals surface area contributed by atoms with Crippen molar-refractivity contribution in [1.29, 1.82) is 0 Å². The zero-order valence-electron chi connectivity index (χ0n) is 14.0. The summed E-state index contributed by atoms with van der Waals surface area (Å²) in [5, 5.41) is 0.525. The van der Waals surface area contributed by atoms with Crippen LogP contribution in [0.3, 0.4) is 0 Å². The number of nitrogens with zero attached hydrogens (tertiary/aromatic N) is 2. The minimum Gasteiger partial charge on any atom is -0.295 e. The molecule has 132 valence electrons. The van der Waals surface area contributed by atoms with Gasteiger partial charge in [0.1, 0.15) is 0 Å². The highest BCUT2D eigenvalue weighted by Gasteiger charge is 2.19. The molecule has 0 spiro atoms. The van der Waals surface area contributed by atoms with Crippen molar-refractivity contribution < 1.29 is 13.8 Å². The van der Waals surface area contributed by atoms with Gasteiger partial charge in [0, 0.05) is 24.7 Å². The minimum atomic E-state index is -3.34. The van der Waals surface area contributed by atoms with Gasteiger partial charge < -0.3 is 0 Å². The first-order chi connectivity index (χ1) is 11.7. The second kappa shape index (κ2) is 7.67. The smallest absolute Gasteiger partial charge is 0.295 e. The predicted octanol–water partition coefficient (Wildman–Crippen LogP) is 4.10. The normalized spacial score (nSPS) is 12.8. The van der Waals surface area contributed by atoms with Crippen molar-refractivity contribution in [3.05, 3.63) is 59.1 Å². The SMILES string of the molecule is CC(=O)N(C)C(=O)N=S(=O)(Nc1ccc(Cl)cc1)c1ccc(C)cc1. The molecule has 0 radical (unpaired) electrons. The molecule has 0 saturated heterocycles. The van der Waals surface area contributed by atoms with Gasteiger partial charge in [-0.2, -0.15) is 0 Å². The summed E-state index contributed by atoms with van der Waals surface area (Å²) in [5.41, 5.74) is 1.46. The fourth-order valence-electron chi connectivity index (χ4n) is 1.84. The Labute approximate surface area is 152 Å². The lowest BCUT2D eigenvalue weighted by atomic mass is 10.2. The number of benzene rings is 2. The molecule has 0 aromatic heterocycles. The number of aryl methyl sites for hydroxylation is 1. The highest BCUT2D eigenvalue weighted by Crippen LogP contribution is 2.21. The second-order valence-corrected chi connectivity index (χ2v) is 7.75. The van der Waals surface area contributed by atoms with E-state index in [9.17, 15) is 13.8 Å². The molecule has 0 bridgehead atoms. The third-order valence-corrected chi connectivity index (χ3v) is 5.50. The maximum atomic E-state index is 13.4. The molecular weight excluding hydrogens is 362 g/mol. The van der Waals surface area contributed by atoms with Crippen LogP contribution in [0.1, 0.15) is 12.5 Å². The Morgan fingerprint density at radius 2 is 1.64 bits per heavy atom. The average Bonchev–Trinajstić information content (AvgIpc) is 2.56. The zero-order valence-corrected chi connectivity index (χ0v) is 15.6. The Kier molecular flexibility index (Phi) is 5.81. The molecular formula is C17H18ClN3O3S. The van der Waals surface area contributed by atoms with Gasteiger partial charge in [0.15, 0.2) is 9.92 Å². The fourth-order valence-corrected chi connectivity index (χ4v) is 3.54. The number of carbonyl (C=O) groups excluding carboxylic acids is 2. The molecule has 8 heteroatoms. The van der Waals surface area contributed by atoms with E-state index in [0.29, 0.717) is 15.6 Å². The number of anilines is 1. The van der Waals surface area contributed by atoms with Gasteiger partial charge in [-0.1, -0.05) is 29.3 Å². The molecule has 2 aromatic carbocycles. The molecule has 0 aliphatic carbocycles. The minimum absolute atomic E-state index is 0.332. The van der Waals surface area contributed by atoms with Crippen molar-refractivity contribution in [1.82, 2.24) is 4.90 Å². The molecule has 2 rings (SSSR count). The van der Waals surface area contributed by atoms with Crippen LogP contribution in [0.25, 0.3) is 0 Å². The van der Waals surface area contributed by atoms with Crippen LogP contribution in [0.5, 0.6) is 0 Å². The third kappa shape index (κ3) is 4.80. The monoisotopic (exact) mass is 379 g/mol. The van der Waals surface area contributed by atoms with E-state index < -0.39 is 21.9 Å². The van der Waals surface area contributed by atoms with E-state index in [1.54, 1.807) is 48.5 Å². The lowest BCUT2D eigenvalue weighted by Gasteiger charge is -2.15. The molecule has 0 fully saturated rings. The quantitative estimate of drug-likeness (QED) is 0.871. The van der Waals surface area contributed by atoms with Crippen LogP contribution in [-0.4, -0.2) is 28.1 Å². The Bertz CT molecular complexity index is 902. The van der Waals surface area contributed by atoms with Gasteiger partial charge in [0.25, 0.3) is 0 Å². The molecule has 1 N–H and O–H groups in total. The van der Waals surface area contributed by atoms with Crippen molar-refractivity contribution >= 4 is 39.1 Å². The van der Waals surface area contributed by atoms with Gasteiger partial charge in [-0.05, 0) is 43.3 Å².